The number of amides is 1. The molecule has 0 aliphatic carbocycles. The number of sulfonamides is 1. The third kappa shape index (κ3) is 3.45. The molecular weight excluding hydrogens is 268 g/mol. The van der Waals surface area contributed by atoms with E-state index >= 15 is 0 Å². The number of carbonyl (C=O) groups is 1. The summed E-state index contributed by atoms with van der Waals surface area (Å²) in [5.74, 6) is 0.561. The average Bonchev–Trinajstić information content (AvgIpc) is 2.81. The first-order chi connectivity index (χ1) is 8.99. The van der Waals surface area contributed by atoms with Gasteiger partial charge < -0.3 is 10.1 Å². The van der Waals surface area contributed by atoms with Crippen LogP contribution in [0.15, 0.2) is 23.1 Å². The Morgan fingerprint density at radius 1 is 1.37 bits per heavy atom. The van der Waals surface area contributed by atoms with Crippen LogP contribution < -0.4 is 14.8 Å². The Labute approximate surface area is 112 Å². The largest absolute Gasteiger partial charge is 0.493 e. The number of benzene rings is 1. The van der Waals surface area contributed by atoms with E-state index in [1.165, 1.54) is 13.0 Å². The van der Waals surface area contributed by atoms with Crippen LogP contribution in [0.4, 0.5) is 0 Å². The quantitative estimate of drug-likeness (QED) is 0.747. The number of hydrogen-bond donors (Lipinski definition) is 2. The van der Waals surface area contributed by atoms with Gasteiger partial charge in [0.05, 0.1) is 11.5 Å². The number of hydrogen-bond acceptors (Lipinski definition) is 4. The first-order valence-corrected chi connectivity index (χ1v) is 7.47. The summed E-state index contributed by atoms with van der Waals surface area (Å²) in [5, 5.41) is 2.53. The van der Waals surface area contributed by atoms with Gasteiger partial charge in [0.15, 0.2) is 0 Å². The summed E-state index contributed by atoms with van der Waals surface area (Å²) in [6.07, 6.45) is 0.727. The molecule has 0 saturated heterocycles. The second-order valence-electron chi connectivity index (χ2n) is 4.25. The van der Waals surface area contributed by atoms with Crippen LogP contribution in [-0.4, -0.2) is 34.0 Å². The molecule has 0 aromatic heterocycles. The summed E-state index contributed by atoms with van der Waals surface area (Å²) in [4.78, 5) is 10.9. The first-order valence-electron chi connectivity index (χ1n) is 5.99. The third-order valence-electron chi connectivity index (χ3n) is 2.76. The molecule has 1 aromatic carbocycles. The molecule has 6 nitrogen and oxygen atoms in total. The molecule has 0 radical (unpaired) electrons. The van der Waals surface area contributed by atoms with Crippen molar-refractivity contribution in [2.45, 2.75) is 18.2 Å². The summed E-state index contributed by atoms with van der Waals surface area (Å²) in [6.45, 7) is 2.40. The van der Waals surface area contributed by atoms with Gasteiger partial charge in [0.2, 0.25) is 15.9 Å². The van der Waals surface area contributed by atoms with E-state index in [9.17, 15) is 13.2 Å². The van der Waals surface area contributed by atoms with Gasteiger partial charge in [-0.1, -0.05) is 0 Å². The monoisotopic (exact) mass is 284 g/mol. The lowest BCUT2D eigenvalue weighted by Gasteiger charge is -2.08. The minimum absolute atomic E-state index is 0.162. The van der Waals surface area contributed by atoms with Gasteiger partial charge in [0.25, 0.3) is 0 Å². The Kier molecular flexibility index (Phi) is 4.06. The number of nitrogens with one attached hydrogen (secondary N) is 2. The van der Waals surface area contributed by atoms with Crippen molar-refractivity contribution in [1.82, 2.24) is 10.0 Å². The number of carbonyl (C=O) groups excluding carboxylic acids is 1. The molecule has 7 heteroatoms. The second-order valence-corrected chi connectivity index (χ2v) is 6.02. The third-order valence-corrected chi connectivity index (χ3v) is 4.22. The zero-order valence-electron chi connectivity index (χ0n) is 10.6. The van der Waals surface area contributed by atoms with Crippen LogP contribution in [0.5, 0.6) is 5.75 Å². The fraction of sp³-hybridized carbons (Fsp3) is 0.417. The van der Waals surface area contributed by atoms with Crippen molar-refractivity contribution in [2.24, 2.45) is 0 Å². The maximum Gasteiger partial charge on any atom is 0.240 e. The lowest BCUT2D eigenvalue weighted by atomic mass is 10.2. The van der Waals surface area contributed by atoms with Crippen molar-refractivity contribution >= 4 is 15.9 Å². The standard InChI is InChI=1S/C12H16N2O4S/c1-9(15)13-5-6-14-19(16,17)11-2-3-12-10(8-11)4-7-18-12/h2-3,8,14H,4-7H2,1H3,(H,13,15). The Bertz CT molecular complexity index is 583. The summed E-state index contributed by atoms with van der Waals surface area (Å²) < 4.78 is 31.8. The summed E-state index contributed by atoms with van der Waals surface area (Å²) in [5.41, 5.74) is 0.907. The van der Waals surface area contributed by atoms with E-state index in [-0.39, 0.29) is 23.9 Å². The van der Waals surface area contributed by atoms with Gasteiger partial charge in [-0.2, -0.15) is 0 Å². The molecule has 0 fully saturated rings. The Hall–Kier alpha value is -1.60. The molecule has 1 aliphatic rings. The Morgan fingerprint density at radius 2 is 2.16 bits per heavy atom. The van der Waals surface area contributed by atoms with Crippen molar-refractivity contribution in [1.29, 1.82) is 0 Å². The molecule has 0 spiro atoms. The molecule has 1 amide bonds. The smallest absolute Gasteiger partial charge is 0.240 e. The zero-order valence-corrected chi connectivity index (χ0v) is 11.4. The fourth-order valence-electron chi connectivity index (χ4n) is 1.84. The minimum atomic E-state index is -3.54. The normalized spacial score (nSPS) is 13.7. The summed E-state index contributed by atoms with van der Waals surface area (Å²) in [7, 11) is -3.54. The first kappa shape index (κ1) is 13.8. The molecule has 104 valence electrons. The SMILES string of the molecule is CC(=O)NCCNS(=O)(=O)c1ccc2c(c1)CCO2. The minimum Gasteiger partial charge on any atom is -0.493 e. The van der Waals surface area contributed by atoms with Crippen molar-refractivity contribution in [3.05, 3.63) is 23.8 Å². The maximum atomic E-state index is 12.0. The van der Waals surface area contributed by atoms with Crippen molar-refractivity contribution < 1.29 is 17.9 Å². The van der Waals surface area contributed by atoms with Gasteiger partial charge in [0, 0.05) is 26.4 Å². The Morgan fingerprint density at radius 3 is 2.89 bits per heavy atom. The van der Waals surface area contributed by atoms with Crippen LogP contribution in [0.2, 0.25) is 0 Å². The molecule has 0 atom stereocenters. The molecular formula is C12H16N2O4S. The predicted molar refractivity (Wildman–Crippen MR) is 69.5 cm³/mol. The van der Waals surface area contributed by atoms with Crippen LogP contribution in [0.3, 0.4) is 0 Å². The fourth-order valence-corrected chi connectivity index (χ4v) is 2.92. The van der Waals surface area contributed by atoms with Crippen molar-refractivity contribution in [2.75, 3.05) is 19.7 Å². The second kappa shape index (κ2) is 5.58. The lowest BCUT2D eigenvalue weighted by Crippen LogP contribution is -2.33. The highest BCUT2D eigenvalue weighted by molar-refractivity contribution is 7.89. The van der Waals surface area contributed by atoms with Crippen molar-refractivity contribution in [3.63, 3.8) is 0 Å². The van der Waals surface area contributed by atoms with E-state index < -0.39 is 10.0 Å². The molecule has 1 heterocycles. The van der Waals surface area contributed by atoms with Gasteiger partial charge in [0.1, 0.15) is 5.75 Å². The molecule has 1 aliphatic heterocycles. The predicted octanol–water partition coefficient (Wildman–Crippen LogP) is 0.0359. The number of ether oxygens (including phenoxy) is 1. The molecule has 0 unspecified atom stereocenters. The zero-order chi connectivity index (χ0) is 13.9. The van der Waals surface area contributed by atoms with Gasteiger partial charge in [-0.15, -0.1) is 0 Å². The summed E-state index contributed by atoms with van der Waals surface area (Å²) >= 11 is 0. The van der Waals surface area contributed by atoms with Crippen LogP contribution in [-0.2, 0) is 21.2 Å². The lowest BCUT2D eigenvalue weighted by molar-refractivity contribution is -0.118. The molecule has 2 rings (SSSR count). The highest BCUT2D eigenvalue weighted by Gasteiger charge is 2.18. The van der Waals surface area contributed by atoms with E-state index in [2.05, 4.69) is 10.0 Å². The van der Waals surface area contributed by atoms with Crippen LogP contribution in [0.25, 0.3) is 0 Å². The highest BCUT2D eigenvalue weighted by atomic mass is 32.2. The van der Waals surface area contributed by atoms with Crippen LogP contribution in [0.1, 0.15) is 12.5 Å². The van der Waals surface area contributed by atoms with Gasteiger partial charge >= 0.3 is 0 Å². The molecule has 2 N–H and O–H groups in total. The van der Waals surface area contributed by atoms with E-state index in [0.29, 0.717) is 6.61 Å². The maximum absolute atomic E-state index is 12.0. The number of rotatable bonds is 5. The number of fused-ring (bicyclic) bond motifs is 1. The molecule has 0 bridgehead atoms. The van der Waals surface area contributed by atoms with Gasteiger partial charge in [-0.3, -0.25) is 4.79 Å². The van der Waals surface area contributed by atoms with Crippen LogP contribution in [0, 0.1) is 0 Å². The van der Waals surface area contributed by atoms with Crippen molar-refractivity contribution in [3.8, 4) is 5.75 Å². The molecule has 1 aromatic rings. The van der Waals surface area contributed by atoms with E-state index in [1.54, 1.807) is 12.1 Å². The van der Waals surface area contributed by atoms with E-state index in [1.807, 2.05) is 0 Å². The molecule has 0 saturated carbocycles. The topological polar surface area (TPSA) is 84.5 Å². The molecule has 19 heavy (non-hydrogen) atoms. The Balaban J connectivity index is 2.01. The highest BCUT2D eigenvalue weighted by Crippen LogP contribution is 2.27. The van der Waals surface area contributed by atoms with Gasteiger partial charge in [-0.25, -0.2) is 13.1 Å². The van der Waals surface area contributed by atoms with Gasteiger partial charge in [-0.05, 0) is 23.8 Å². The van der Waals surface area contributed by atoms with E-state index in [4.69, 9.17) is 4.74 Å². The van der Waals surface area contributed by atoms with Crippen LogP contribution >= 0.6 is 0 Å². The average molecular weight is 284 g/mol. The van der Waals surface area contributed by atoms with E-state index in [0.717, 1.165) is 17.7 Å². The summed E-state index contributed by atoms with van der Waals surface area (Å²) in [6, 6.07) is 4.82.